The van der Waals surface area contributed by atoms with Crippen molar-refractivity contribution in [2.75, 3.05) is 19.5 Å². The minimum Gasteiger partial charge on any atom is -0.493 e. The van der Waals surface area contributed by atoms with E-state index >= 15 is 0 Å². The first-order valence-electron chi connectivity index (χ1n) is 9.17. The number of anilines is 1. The summed E-state index contributed by atoms with van der Waals surface area (Å²) in [7, 11) is 2.80. The number of amides is 1. The Labute approximate surface area is 179 Å². The molecule has 1 amide bonds. The van der Waals surface area contributed by atoms with E-state index in [1.165, 1.54) is 31.6 Å². The number of hydrogen-bond acceptors (Lipinski definition) is 7. The van der Waals surface area contributed by atoms with E-state index in [-0.39, 0.29) is 11.7 Å². The molecule has 30 heavy (non-hydrogen) atoms. The molecule has 0 bridgehead atoms. The molecule has 0 unspecified atom stereocenters. The first-order valence-corrected chi connectivity index (χ1v) is 9.99. The summed E-state index contributed by atoms with van der Waals surface area (Å²) in [5.41, 5.74) is 1.51. The number of carbonyl (C=O) groups excluding carboxylic acids is 2. The smallest absolute Gasteiger partial charge is 0.341 e. The molecule has 8 heteroatoms. The van der Waals surface area contributed by atoms with Gasteiger partial charge >= 0.3 is 5.97 Å². The SMILES string of the molecule is COC(=O)c1c(NC(=O)/C(C#N)=C/c2ccc(OC(C)C)c(OC)c2)sc(C)c1C. The highest BCUT2D eigenvalue weighted by molar-refractivity contribution is 7.16. The Hall–Kier alpha value is -3.31. The van der Waals surface area contributed by atoms with Crippen molar-refractivity contribution in [2.45, 2.75) is 33.8 Å². The van der Waals surface area contributed by atoms with Crippen molar-refractivity contribution < 1.29 is 23.8 Å². The number of carbonyl (C=O) groups is 2. The van der Waals surface area contributed by atoms with Crippen LogP contribution in [0.2, 0.25) is 0 Å². The Kier molecular flexibility index (Phi) is 7.61. The van der Waals surface area contributed by atoms with E-state index in [4.69, 9.17) is 14.2 Å². The molecule has 2 rings (SSSR count). The second kappa shape index (κ2) is 9.94. The maximum Gasteiger partial charge on any atom is 0.341 e. The molecule has 1 aromatic heterocycles. The molecule has 1 heterocycles. The van der Waals surface area contributed by atoms with E-state index in [1.54, 1.807) is 25.1 Å². The lowest BCUT2D eigenvalue weighted by molar-refractivity contribution is -0.112. The molecule has 0 radical (unpaired) electrons. The molecule has 0 aliphatic heterocycles. The summed E-state index contributed by atoms with van der Waals surface area (Å²) in [4.78, 5) is 25.7. The third-order valence-electron chi connectivity index (χ3n) is 4.23. The lowest BCUT2D eigenvalue weighted by Crippen LogP contribution is -2.15. The van der Waals surface area contributed by atoms with Gasteiger partial charge in [-0.05, 0) is 57.0 Å². The summed E-state index contributed by atoms with van der Waals surface area (Å²) >= 11 is 1.25. The zero-order chi connectivity index (χ0) is 22.4. The highest BCUT2D eigenvalue weighted by atomic mass is 32.1. The molecular weight excluding hydrogens is 404 g/mol. The number of benzene rings is 1. The van der Waals surface area contributed by atoms with Crippen molar-refractivity contribution in [2.24, 2.45) is 0 Å². The first kappa shape index (κ1) is 23.0. The fourth-order valence-electron chi connectivity index (χ4n) is 2.67. The molecule has 1 N–H and O–H groups in total. The van der Waals surface area contributed by atoms with Crippen LogP contribution in [-0.2, 0) is 9.53 Å². The predicted molar refractivity (Wildman–Crippen MR) is 116 cm³/mol. The van der Waals surface area contributed by atoms with Gasteiger partial charge in [0.25, 0.3) is 5.91 Å². The second-order valence-electron chi connectivity index (χ2n) is 6.68. The van der Waals surface area contributed by atoms with Gasteiger partial charge in [-0.25, -0.2) is 4.79 Å². The van der Waals surface area contributed by atoms with Gasteiger partial charge in [-0.15, -0.1) is 11.3 Å². The Bertz CT molecular complexity index is 1030. The van der Waals surface area contributed by atoms with Crippen LogP contribution in [0.3, 0.4) is 0 Å². The van der Waals surface area contributed by atoms with Crippen molar-refractivity contribution in [3.8, 4) is 17.6 Å². The van der Waals surface area contributed by atoms with Gasteiger partial charge in [0.1, 0.15) is 16.6 Å². The summed E-state index contributed by atoms with van der Waals surface area (Å²) < 4.78 is 15.8. The highest BCUT2D eigenvalue weighted by Crippen LogP contribution is 2.33. The number of ether oxygens (including phenoxy) is 3. The molecule has 158 valence electrons. The van der Waals surface area contributed by atoms with E-state index in [0.29, 0.717) is 27.6 Å². The lowest BCUT2D eigenvalue weighted by atomic mass is 10.1. The van der Waals surface area contributed by atoms with Gasteiger partial charge in [-0.1, -0.05) is 6.07 Å². The fourth-order valence-corrected chi connectivity index (χ4v) is 3.72. The third kappa shape index (κ3) is 5.19. The lowest BCUT2D eigenvalue weighted by Gasteiger charge is -2.13. The molecule has 0 saturated carbocycles. The van der Waals surface area contributed by atoms with E-state index < -0.39 is 11.9 Å². The van der Waals surface area contributed by atoms with Crippen LogP contribution in [0.4, 0.5) is 5.00 Å². The third-order valence-corrected chi connectivity index (χ3v) is 5.35. The molecule has 2 aromatic rings. The van der Waals surface area contributed by atoms with Gasteiger partial charge in [-0.3, -0.25) is 4.79 Å². The average Bonchev–Trinajstić information content (AvgIpc) is 2.99. The minimum absolute atomic E-state index is 0.0255. The standard InChI is InChI=1S/C22H24N2O5S/c1-12(2)29-17-8-7-15(10-18(17)27-5)9-16(11-23)20(25)24-21-19(22(26)28-6)13(3)14(4)30-21/h7-10,12H,1-6H3,(H,24,25)/b16-9+. The van der Waals surface area contributed by atoms with Crippen LogP contribution in [0.25, 0.3) is 6.08 Å². The van der Waals surface area contributed by atoms with E-state index in [9.17, 15) is 14.9 Å². The Balaban J connectivity index is 2.34. The van der Waals surface area contributed by atoms with E-state index in [0.717, 1.165) is 10.4 Å². The van der Waals surface area contributed by atoms with Crippen molar-refractivity contribution >= 4 is 34.3 Å². The largest absolute Gasteiger partial charge is 0.493 e. The van der Waals surface area contributed by atoms with Crippen LogP contribution in [0.5, 0.6) is 11.5 Å². The number of methoxy groups -OCH3 is 2. The monoisotopic (exact) mass is 428 g/mol. The molecule has 0 saturated heterocycles. The van der Waals surface area contributed by atoms with Crippen LogP contribution in [0.15, 0.2) is 23.8 Å². The van der Waals surface area contributed by atoms with Crippen LogP contribution < -0.4 is 14.8 Å². The topological polar surface area (TPSA) is 97.7 Å². The highest BCUT2D eigenvalue weighted by Gasteiger charge is 2.22. The number of nitrogens with zero attached hydrogens (tertiary/aromatic N) is 1. The summed E-state index contributed by atoms with van der Waals surface area (Å²) in [5.74, 6) is -0.0991. The number of nitrogens with one attached hydrogen (secondary N) is 1. The summed E-state index contributed by atoms with van der Waals surface area (Å²) in [6, 6.07) is 7.03. The van der Waals surface area contributed by atoms with Gasteiger partial charge in [0, 0.05) is 4.88 Å². The molecule has 0 aliphatic rings. The quantitative estimate of drug-likeness (QED) is 0.396. The van der Waals surface area contributed by atoms with Gasteiger partial charge in [0.2, 0.25) is 0 Å². The minimum atomic E-state index is -0.620. The van der Waals surface area contributed by atoms with E-state index in [1.807, 2.05) is 26.8 Å². The predicted octanol–water partition coefficient (Wildman–Crippen LogP) is 4.49. The maximum atomic E-state index is 12.7. The van der Waals surface area contributed by atoms with Crippen molar-refractivity contribution in [1.29, 1.82) is 5.26 Å². The molecule has 1 aromatic carbocycles. The van der Waals surface area contributed by atoms with Crippen LogP contribution in [0.1, 0.15) is 40.2 Å². The van der Waals surface area contributed by atoms with Crippen molar-refractivity contribution in [3.05, 3.63) is 45.3 Å². The van der Waals surface area contributed by atoms with Crippen molar-refractivity contribution in [1.82, 2.24) is 0 Å². The van der Waals surface area contributed by atoms with Gasteiger partial charge in [-0.2, -0.15) is 5.26 Å². The summed E-state index contributed by atoms with van der Waals surface area (Å²) in [6.45, 7) is 7.43. The van der Waals surface area contributed by atoms with Crippen LogP contribution in [0, 0.1) is 25.2 Å². The number of hydrogen-bond donors (Lipinski definition) is 1. The average molecular weight is 429 g/mol. The van der Waals surface area contributed by atoms with Gasteiger partial charge in [0.05, 0.1) is 25.9 Å². The number of esters is 1. The maximum absolute atomic E-state index is 12.7. The summed E-state index contributed by atoms with van der Waals surface area (Å²) in [5, 5.41) is 12.5. The van der Waals surface area contributed by atoms with Gasteiger partial charge in [0.15, 0.2) is 11.5 Å². The number of thiophene rings is 1. The Morgan fingerprint density at radius 2 is 1.90 bits per heavy atom. The number of rotatable bonds is 7. The molecule has 0 fully saturated rings. The Morgan fingerprint density at radius 1 is 1.20 bits per heavy atom. The fraction of sp³-hybridized carbons (Fsp3) is 0.318. The molecule has 0 spiro atoms. The zero-order valence-corrected chi connectivity index (χ0v) is 18.6. The zero-order valence-electron chi connectivity index (χ0n) is 17.8. The molecular formula is C22H24N2O5S. The van der Waals surface area contributed by atoms with Crippen LogP contribution >= 0.6 is 11.3 Å². The molecule has 0 atom stereocenters. The summed E-state index contributed by atoms with van der Waals surface area (Å²) in [6.07, 6.45) is 1.42. The molecule has 0 aliphatic carbocycles. The molecule has 7 nitrogen and oxygen atoms in total. The number of aryl methyl sites for hydroxylation is 1. The Morgan fingerprint density at radius 3 is 2.47 bits per heavy atom. The van der Waals surface area contributed by atoms with Crippen molar-refractivity contribution in [3.63, 3.8) is 0 Å². The normalized spacial score (nSPS) is 11.1. The number of nitriles is 1. The van der Waals surface area contributed by atoms with E-state index in [2.05, 4.69) is 5.32 Å². The first-order chi connectivity index (χ1) is 14.2. The van der Waals surface area contributed by atoms with Gasteiger partial charge < -0.3 is 19.5 Å². The second-order valence-corrected chi connectivity index (χ2v) is 7.90. The van der Waals surface area contributed by atoms with Crippen LogP contribution in [-0.4, -0.2) is 32.2 Å².